The Hall–Kier alpha value is -1.81. The second-order valence-electron chi connectivity index (χ2n) is 10.1. The molecule has 1 aromatic heterocycles. The number of hydrogen-bond acceptors (Lipinski definition) is 6. The van der Waals surface area contributed by atoms with Crippen LogP contribution >= 0.6 is 46.3 Å². The molecule has 2 aliphatic heterocycles. The van der Waals surface area contributed by atoms with Crippen LogP contribution in [0.15, 0.2) is 28.0 Å². The third-order valence-corrected chi connectivity index (χ3v) is 11.5. The van der Waals surface area contributed by atoms with E-state index in [0.29, 0.717) is 15.7 Å². The van der Waals surface area contributed by atoms with Gasteiger partial charge in [0.1, 0.15) is 6.54 Å². The van der Waals surface area contributed by atoms with Gasteiger partial charge in [0.25, 0.3) is 0 Å². The molecule has 0 spiro atoms. The summed E-state index contributed by atoms with van der Waals surface area (Å²) in [7, 11) is 0. The van der Waals surface area contributed by atoms with E-state index in [0.717, 1.165) is 21.2 Å². The molecule has 4 aliphatic rings. The van der Waals surface area contributed by atoms with Crippen molar-refractivity contribution >= 4 is 69.7 Å². The fourth-order valence-electron chi connectivity index (χ4n) is 6.79. The van der Waals surface area contributed by atoms with Gasteiger partial charge in [0.05, 0.1) is 26.9 Å². The summed E-state index contributed by atoms with van der Waals surface area (Å²) in [6, 6.07) is 4.71. The van der Waals surface area contributed by atoms with Crippen LogP contribution in [0.1, 0.15) is 25.1 Å². The van der Waals surface area contributed by atoms with E-state index in [1.165, 1.54) is 17.4 Å². The molecular weight excluding hydrogens is 517 g/mol. The fourth-order valence-corrected chi connectivity index (χ4v) is 10.2. The number of rotatable bonds is 3. The van der Waals surface area contributed by atoms with E-state index in [-0.39, 0.29) is 51.7 Å². The highest BCUT2D eigenvalue weighted by molar-refractivity contribution is 8.00. The Morgan fingerprint density at radius 1 is 1.15 bits per heavy atom. The predicted octanol–water partition coefficient (Wildman–Crippen LogP) is 4.00. The third-order valence-electron chi connectivity index (χ3n) is 7.99. The summed E-state index contributed by atoms with van der Waals surface area (Å²) in [6.07, 6.45) is 0.834. The second-order valence-corrected chi connectivity index (χ2v) is 13.0. The average Bonchev–Trinajstić information content (AvgIpc) is 3.49. The van der Waals surface area contributed by atoms with Crippen molar-refractivity contribution in [3.8, 4) is 0 Å². The van der Waals surface area contributed by atoms with Gasteiger partial charge < -0.3 is 10.3 Å². The van der Waals surface area contributed by atoms with E-state index in [9.17, 15) is 19.2 Å². The Bertz CT molecular complexity index is 1320. The van der Waals surface area contributed by atoms with Gasteiger partial charge in [-0.1, -0.05) is 48.4 Å². The van der Waals surface area contributed by atoms with Gasteiger partial charge in [0.2, 0.25) is 17.7 Å². The van der Waals surface area contributed by atoms with E-state index >= 15 is 0 Å². The van der Waals surface area contributed by atoms with E-state index < -0.39 is 17.7 Å². The predicted molar refractivity (Wildman–Crippen MR) is 131 cm³/mol. The van der Waals surface area contributed by atoms with Crippen molar-refractivity contribution in [2.75, 3.05) is 11.9 Å². The summed E-state index contributed by atoms with van der Waals surface area (Å²) in [6.45, 7) is 3.97. The maximum Gasteiger partial charge on any atom is 0.305 e. The minimum Gasteiger partial charge on any atom is -0.324 e. The molecule has 3 fully saturated rings. The number of aromatic nitrogens is 1. The number of halogens is 2. The van der Waals surface area contributed by atoms with Crippen molar-refractivity contribution in [3.63, 3.8) is 0 Å². The van der Waals surface area contributed by atoms with Crippen LogP contribution < -0.4 is 10.2 Å². The van der Waals surface area contributed by atoms with Crippen molar-refractivity contribution in [1.82, 2.24) is 9.88 Å². The smallest absolute Gasteiger partial charge is 0.305 e. The molecule has 2 aliphatic carbocycles. The number of carbonyl (C=O) groups excluding carboxylic acids is 3. The molecule has 6 unspecified atom stereocenters. The molecule has 2 N–H and O–H groups in total. The van der Waals surface area contributed by atoms with E-state index in [4.69, 9.17) is 23.2 Å². The van der Waals surface area contributed by atoms with Crippen molar-refractivity contribution in [2.24, 2.45) is 29.6 Å². The minimum atomic E-state index is -0.459. The molecule has 6 atom stereocenters. The number of imide groups is 1. The molecule has 6 rings (SSSR count). The Morgan fingerprint density at radius 2 is 1.85 bits per heavy atom. The number of carbonyl (C=O) groups is 3. The first-order valence-electron chi connectivity index (χ1n) is 11.1. The number of nitrogens with one attached hydrogen (secondary N) is 2. The van der Waals surface area contributed by atoms with Crippen LogP contribution in [-0.4, -0.2) is 39.4 Å². The number of thiazole rings is 1. The number of aromatic amines is 1. The highest BCUT2D eigenvalue weighted by Gasteiger charge is 2.70. The monoisotopic (exact) mass is 537 g/mol. The number of anilines is 1. The molecule has 2 bridgehead atoms. The fraction of sp³-hybridized carbons (Fsp3) is 0.478. The molecular formula is C23H21Cl2N3O4S2. The van der Waals surface area contributed by atoms with Gasteiger partial charge in [-0.25, -0.2) is 0 Å². The van der Waals surface area contributed by atoms with Gasteiger partial charge in [-0.05, 0) is 42.4 Å². The molecule has 34 heavy (non-hydrogen) atoms. The van der Waals surface area contributed by atoms with Crippen LogP contribution in [0.25, 0.3) is 0 Å². The quantitative estimate of drug-likeness (QED) is 0.576. The normalized spacial score (nSPS) is 32.5. The number of benzene rings is 1. The minimum absolute atomic E-state index is 0.0559. The number of fused-ring (bicyclic) bond motifs is 9. The summed E-state index contributed by atoms with van der Waals surface area (Å²) in [5, 5.41) is 4.44. The average molecular weight is 538 g/mol. The van der Waals surface area contributed by atoms with Gasteiger partial charge in [-0.2, -0.15) is 0 Å². The SMILES string of the molecule is CC1(C)c2sc(=O)[nH]c2SC2C3CC(C4C(=O)N(CC(=O)Nc5ccc(Cl)c(Cl)c5)C(=O)C34)C21. The van der Waals surface area contributed by atoms with Crippen molar-refractivity contribution in [3.05, 3.63) is 42.8 Å². The molecule has 1 aromatic carbocycles. The molecule has 178 valence electrons. The van der Waals surface area contributed by atoms with Crippen LogP contribution in [-0.2, 0) is 19.8 Å². The molecule has 1 saturated heterocycles. The van der Waals surface area contributed by atoms with E-state index in [1.807, 2.05) is 0 Å². The standard InChI is InChI=1S/C23H21Cl2N3O4S2/c1-23(2)16-9-6-10(17(16)33-19-18(23)34-22(32)27-19)15-14(9)20(30)28(21(15)31)7-13(29)26-8-3-4-11(24)12(25)5-8/h3-5,9-10,14-17H,6-7H2,1-2H3,(H,26,29)(H,27,32). The number of H-pyrrole nitrogens is 1. The number of likely N-dealkylation sites (tertiary alicyclic amines) is 1. The Kier molecular flexibility index (Phi) is 5.06. The largest absolute Gasteiger partial charge is 0.324 e. The molecule has 11 heteroatoms. The van der Waals surface area contributed by atoms with Gasteiger partial charge >= 0.3 is 4.87 Å². The van der Waals surface area contributed by atoms with Crippen molar-refractivity contribution in [1.29, 1.82) is 0 Å². The highest BCUT2D eigenvalue weighted by atomic mass is 35.5. The van der Waals surface area contributed by atoms with Crippen LogP contribution in [0.5, 0.6) is 0 Å². The third kappa shape index (κ3) is 3.09. The van der Waals surface area contributed by atoms with Gasteiger partial charge in [-0.15, -0.1) is 11.8 Å². The lowest BCUT2D eigenvalue weighted by Crippen LogP contribution is -2.48. The summed E-state index contributed by atoms with van der Waals surface area (Å²) in [5.74, 6) is -1.44. The Morgan fingerprint density at radius 3 is 2.56 bits per heavy atom. The first-order chi connectivity index (χ1) is 16.1. The molecule has 3 heterocycles. The van der Waals surface area contributed by atoms with E-state index in [2.05, 4.69) is 24.1 Å². The van der Waals surface area contributed by atoms with Gasteiger partial charge in [-0.3, -0.25) is 24.1 Å². The molecule has 3 amide bonds. The van der Waals surface area contributed by atoms with Gasteiger partial charge in [0, 0.05) is 21.2 Å². The topological polar surface area (TPSA) is 99.3 Å². The lowest BCUT2D eigenvalue weighted by atomic mass is 9.64. The molecule has 0 radical (unpaired) electrons. The number of thioether (sulfide) groups is 1. The Balaban J connectivity index is 1.24. The zero-order valence-corrected chi connectivity index (χ0v) is 21.4. The first-order valence-corrected chi connectivity index (χ1v) is 13.5. The maximum absolute atomic E-state index is 13.4. The molecule has 7 nitrogen and oxygen atoms in total. The summed E-state index contributed by atoms with van der Waals surface area (Å²) in [4.78, 5) is 56.6. The second kappa shape index (κ2) is 7.59. The summed E-state index contributed by atoms with van der Waals surface area (Å²) in [5.41, 5.74) is 0.185. The number of nitrogens with zero attached hydrogens (tertiary/aromatic N) is 1. The number of hydrogen-bond donors (Lipinski definition) is 2. The van der Waals surface area contributed by atoms with Crippen LogP contribution in [0.2, 0.25) is 10.0 Å². The summed E-state index contributed by atoms with van der Waals surface area (Å²) < 4.78 is 0. The highest BCUT2D eigenvalue weighted by Crippen LogP contribution is 2.68. The molecule has 2 saturated carbocycles. The number of amides is 3. The summed E-state index contributed by atoms with van der Waals surface area (Å²) >= 11 is 14.8. The first kappa shape index (κ1) is 22.6. The zero-order valence-electron chi connectivity index (χ0n) is 18.3. The maximum atomic E-state index is 13.4. The lowest BCUT2D eigenvalue weighted by Gasteiger charge is -2.47. The van der Waals surface area contributed by atoms with Crippen LogP contribution in [0.4, 0.5) is 5.69 Å². The van der Waals surface area contributed by atoms with Gasteiger partial charge in [0.15, 0.2) is 0 Å². The lowest BCUT2D eigenvalue weighted by molar-refractivity contribution is -0.143. The van der Waals surface area contributed by atoms with E-state index in [1.54, 1.807) is 23.9 Å². The van der Waals surface area contributed by atoms with Crippen molar-refractivity contribution in [2.45, 2.75) is 36.0 Å². The Labute approximate surface area is 213 Å². The zero-order chi connectivity index (χ0) is 24.1. The molecule has 2 aromatic rings. The van der Waals surface area contributed by atoms with Crippen molar-refractivity contribution < 1.29 is 14.4 Å². The van der Waals surface area contributed by atoms with Crippen LogP contribution in [0, 0.1) is 29.6 Å². The van der Waals surface area contributed by atoms with Crippen LogP contribution in [0.3, 0.4) is 0 Å².